The first-order valence-corrected chi connectivity index (χ1v) is 13.3. The van der Waals surface area contributed by atoms with Crippen LogP contribution in [0.4, 0.5) is 14.5 Å². The van der Waals surface area contributed by atoms with Crippen molar-refractivity contribution in [3.63, 3.8) is 0 Å². The van der Waals surface area contributed by atoms with Crippen molar-refractivity contribution in [2.45, 2.75) is 49.8 Å². The van der Waals surface area contributed by atoms with Crippen LogP contribution in [0.5, 0.6) is 0 Å². The van der Waals surface area contributed by atoms with Crippen molar-refractivity contribution in [3.05, 3.63) is 64.5 Å². The van der Waals surface area contributed by atoms with Gasteiger partial charge in [0.1, 0.15) is 12.0 Å². The summed E-state index contributed by atoms with van der Waals surface area (Å²) in [4.78, 5) is 16.7. The second-order valence-electron chi connectivity index (χ2n) is 10.6. The lowest BCUT2D eigenvalue weighted by atomic mass is 9.74. The molecule has 2 N–H and O–H groups in total. The molecule has 194 valence electrons. The number of piperidine rings is 2. The van der Waals surface area contributed by atoms with Gasteiger partial charge >= 0.3 is 0 Å². The van der Waals surface area contributed by atoms with Crippen LogP contribution in [0.3, 0.4) is 0 Å². The van der Waals surface area contributed by atoms with E-state index in [-0.39, 0.29) is 23.7 Å². The number of benzene rings is 1. The van der Waals surface area contributed by atoms with Gasteiger partial charge in [-0.1, -0.05) is 17.7 Å². The normalized spacial score (nSPS) is 25.4. The molecule has 0 saturated carbocycles. The Bertz CT molecular complexity index is 1070. The Balaban J connectivity index is 1.08. The van der Waals surface area contributed by atoms with Crippen LogP contribution in [0, 0.1) is 5.92 Å². The molecule has 1 aromatic carbocycles. The molecule has 2 saturated heterocycles. The van der Waals surface area contributed by atoms with Crippen LogP contribution in [0.1, 0.15) is 37.7 Å². The summed E-state index contributed by atoms with van der Waals surface area (Å²) >= 11 is 6.56. The van der Waals surface area contributed by atoms with Crippen molar-refractivity contribution < 1.29 is 18.7 Å². The first kappa shape index (κ1) is 25.4. The highest BCUT2D eigenvalue weighted by molar-refractivity contribution is 6.32. The fraction of sp³-hybridized carbons (Fsp3) is 0.536. The number of carbonyl (C=O) groups is 1. The SMILES string of the molecule is O=C(/C=C/C1=CC(F)CC(F)=C1)N1CCC(C(O)CN2CCC3(CC2)CNc2cccc(Cl)c23)CC1. The second kappa shape index (κ2) is 10.6. The maximum absolute atomic E-state index is 13.5. The maximum Gasteiger partial charge on any atom is 0.246 e. The number of likely N-dealkylation sites (tertiary alicyclic amines) is 2. The smallest absolute Gasteiger partial charge is 0.246 e. The van der Waals surface area contributed by atoms with Gasteiger partial charge in [0.25, 0.3) is 0 Å². The van der Waals surface area contributed by atoms with Gasteiger partial charge in [0.15, 0.2) is 0 Å². The van der Waals surface area contributed by atoms with Gasteiger partial charge in [-0.25, -0.2) is 8.78 Å². The summed E-state index contributed by atoms with van der Waals surface area (Å²) in [5.74, 6) is -0.518. The van der Waals surface area contributed by atoms with E-state index in [0.717, 1.165) is 56.0 Å². The van der Waals surface area contributed by atoms with Crippen molar-refractivity contribution in [2.24, 2.45) is 5.92 Å². The molecule has 1 amide bonds. The number of β-amino-alcohol motifs (C(OH)–C–C–N with tert-alkyl or cyclic N) is 1. The van der Waals surface area contributed by atoms with Crippen LogP contribution in [-0.2, 0) is 10.2 Å². The molecule has 1 spiro atoms. The Morgan fingerprint density at radius 3 is 2.72 bits per heavy atom. The van der Waals surface area contributed by atoms with Crippen molar-refractivity contribution in [2.75, 3.05) is 44.6 Å². The standard InChI is InChI=1S/C28H34ClF2N3O2/c29-23-2-1-3-24-27(23)28(18-32-24)8-12-33(13-9-28)17-25(35)20-6-10-34(11-7-20)26(36)5-4-19-14-21(30)16-22(31)15-19/h1-5,14-15,20-21,25,32,35H,6-13,16-18H2/b5-4+. The summed E-state index contributed by atoms with van der Waals surface area (Å²) in [5, 5.41) is 15.3. The number of nitrogens with one attached hydrogen (secondary N) is 1. The molecule has 2 atom stereocenters. The number of carbonyl (C=O) groups excluding carboxylic acids is 1. The van der Waals surface area contributed by atoms with Gasteiger partial charge in [-0.05, 0) is 80.6 Å². The molecule has 2 unspecified atom stereocenters. The highest BCUT2D eigenvalue weighted by Crippen LogP contribution is 2.47. The van der Waals surface area contributed by atoms with E-state index in [4.69, 9.17) is 11.6 Å². The molecule has 0 radical (unpaired) electrons. The van der Waals surface area contributed by atoms with E-state index in [1.165, 1.54) is 29.9 Å². The zero-order chi connectivity index (χ0) is 25.3. The number of alkyl halides is 1. The topological polar surface area (TPSA) is 55.8 Å². The molecule has 4 aliphatic rings. The second-order valence-corrected chi connectivity index (χ2v) is 11.0. The number of allylic oxidation sites excluding steroid dienone is 5. The number of rotatable bonds is 5. The van der Waals surface area contributed by atoms with Crippen LogP contribution < -0.4 is 5.32 Å². The summed E-state index contributed by atoms with van der Waals surface area (Å²) in [6.07, 6.45) is 6.96. The molecule has 0 bridgehead atoms. The minimum atomic E-state index is -1.35. The molecule has 2 fully saturated rings. The fourth-order valence-electron chi connectivity index (χ4n) is 6.19. The van der Waals surface area contributed by atoms with E-state index < -0.39 is 18.1 Å². The summed E-state index contributed by atoms with van der Waals surface area (Å²) in [6, 6.07) is 6.06. The van der Waals surface area contributed by atoms with Crippen LogP contribution in [-0.4, -0.2) is 72.4 Å². The van der Waals surface area contributed by atoms with Crippen molar-refractivity contribution in [1.29, 1.82) is 0 Å². The lowest BCUT2D eigenvalue weighted by molar-refractivity contribution is -0.128. The number of halogens is 3. The Kier molecular flexibility index (Phi) is 7.52. The molecule has 0 aromatic heterocycles. The molecular formula is C28H34ClF2N3O2. The molecule has 5 nitrogen and oxygen atoms in total. The van der Waals surface area contributed by atoms with E-state index in [1.54, 1.807) is 4.90 Å². The third-order valence-corrected chi connectivity index (χ3v) is 8.63. The Morgan fingerprint density at radius 1 is 1.25 bits per heavy atom. The minimum absolute atomic E-state index is 0.0781. The van der Waals surface area contributed by atoms with Gasteiger partial charge in [-0.2, -0.15) is 0 Å². The zero-order valence-corrected chi connectivity index (χ0v) is 21.2. The molecule has 5 rings (SSSR count). The molecule has 3 heterocycles. The van der Waals surface area contributed by atoms with Crippen molar-refractivity contribution in [1.82, 2.24) is 9.80 Å². The Labute approximate surface area is 216 Å². The fourth-order valence-corrected chi connectivity index (χ4v) is 6.57. The van der Waals surface area contributed by atoms with E-state index >= 15 is 0 Å². The summed E-state index contributed by atoms with van der Waals surface area (Å²) in [5.41, 5.74) is 2.86. The van der Waals surface area contributed by atoms with Crippen LogP contribution in [0.2, 0.25) is 5.02 Å². The number of aliphatic hydroxyl groups excluding tert-OH is 1. The maximum atomic E-state index is 13.5. The first-order chi connectivity index (χ1) is 17.3. The van der Waals surface area contributed by atoms with Crippen molar-refractivity contribution in [3.8, 4) is 0 Å². The highest BCUT2D eigenvalue weighted by atomic mass is 35.5. The van der Waals surface area contributed by atoms with Gasteiger partial charge in [0.05, 0.1) is 6.10 Å². The zero-order valence-electron chi connectivity index (χ0n) is 20.4. The Morgan fingerprint density at radius 2 is 2.00 bits per heavy atom. The highest BCUT2D eigenvalue weighted by Gasteiger charge is 2.43. The first-order valence-electron chi connectivity index (χ1n) is 13.0. The quantitative estimate of drug-likeness (QED) is 0.552. The minimum Gasteiger partial charge on any atom is -0.392 e. The predicted molar refractivity (Wildman–Crippen MR) is 139 cm³/mol. The van der Waals surface area contributed by atoms with E-state index in [9.17, 15) is 18.7 Å². The number of amides is 1. The van der Waals surface area contributed by atoms with E-state index in [2.05, 4.69) is 16.3 Å². The van der Waals surface area contributed by atoms with Crippen LogP contribution in [0.25, 0.3) is 0 Å². The largest absolute Gasteiger partial charge is 0.392 e. The summed E-state index contributed by atoms with van der Waals surface area (Å²) < 4.78 is 26.9. The third-order valence-electron chi connectivity index (χ3n) is 8.32. The number of aliphatic hydroxyl groups is 1. The number of hydrogen-bond donors (Lipinski definition) is 2. The summed E-state index contributed by atoms with van der Waals surface area (Å²) in [7, 11) is 0. The predicted octanol–water partition coefficient (Wildman–Crippen LogP) is 4.78. The summed E-state index contributed by atoms with van der Waals surface area (Å²) in [6.45, 7) is 4.56. The molecular weight excluding hydrogens is 484 g/mol. The van der Waals surface area contributed by atoms with Gasteiger partial charge in [-0.15, -0.1) is 0 Å². The number of anilines is 1. The molecule has 8 heteroatoms. The van der Waals surface area contributed by atoms with Gasteiger partial charge < -0.3 is 20.2 Å². The number of nitrogens with zero attached hydrogens (tertiary/aromatic N) is 2. The molecule has 1 aliphatic carbocycles. The number of fused-ring (bicyclic) bond motifs is 2. The van der Waals surface area contributed by atoms with Crippen molar-refractivity contribution >= 4 is 23.2 Å². The van der Waals surface area contributed by atoms with E-state index in [1.807, 2.05) is 12.1 Å². The lowest BCUT2D eigenvalue weighted by Gasteiger charge is -2.41. The monoisotopic (exact) mass is 517 g/mol. The molecule has 36 heavy (non-hydrogen) atoms. The average molecular weight is 518 g/mol. The van der Waals surface area contributed by atoms with Crippen LogP contribution >= 0.6 is 11.6 Å². The third kappa shape index (κ3) is 5.38. The number of hydrogen-bond acceptors (Lipinski definition) is 4. The molecule has 1 aromatic rings. The average Bonchev–Trinajstić information content (AvgIpc) is 3.23. The Hall–Kier alpha value is -2.22. The van der Waals surface area contributed by atoms with Gasteiger partial charge in [-0.3, -0.25) is 4.79 Å². The van der Waals surface area contributed by atoms with Crippen LogP contribution in [0.15, 0.2) is 53.9 Å². The lowest BCUT2D eigenvalue weighted by Crippen LogP contribution is -2.48. The van der Waals surface area contributed by atoms with E-state index in [0.29, 0.717) is 25.2 Å². The molecule has 3 aliphatic heterocycles. The van der Waals surface area contributed by atoms with Gasteiger partial charge in [0, 0.05) is 60.4 Å². The van der Waals surface area contributed by atoms with Gasteiger partial charge in [0.2, 0.25) is 5.91 Å².